The summed E-state index contributed by atoms with van der Waals surface area (Å²) in [7, 11) is -0.708. The number of alkyl halides is 3. The van der Waals surface area contributed by atoms with Gasteiger partial charge in [0.15, 0.2) is 5.58 Å². The molecule has 0 radical (unpaired) electrons. The minimum absolute atomic E-state index is 0.105. The maximum Gasteiger partial charge on any atom is 0.573 e. The molecule has 29 heavy (non-hydrogen) atoms. The summed E-state index contributed by atoms with van der Waals surface area (Å²) in [5.74, 6) is -0.296. The van der Waals surface area contributed by atoms with Gasteiger partial charge < -0.3 is 9.15 Å². The lowest BCUT2D eigenvalue weighted by atomic mass is 10.2. The molecule has 0 fully saturated rings. The average Bonchev–Trinajstić information content (AvgIpc) is 3.02. The Kier molecular flexibility index (Phi) is 5.84. The van der Waals surface area contributed by atoms with Crippen molar-refractivity contribution in [1.82, 2.24) is 9.29 Å². The summed E-state index contributed by atoms with van der Waals surface area (Å²) < 4.78 is 71.8. The molecule has 1 unspecified atom stereocenters. The zero-order chi connectivity index (χ0) is 21.4. The Balaban J connectivity index is 1.77. The fraction of sp³-hybridized carbons (Fsp3) is 0.278. The highest BCUT2D eigenvalue weighted by Gasteiger charge is 2.31. The van der Waals surface area contributed by atoms with Crippen molar-refractivity contribution in [2.75, 3.05) is 14.1 Å². The van der Waals surface area contributed by atoms with Crippen molar-refractivity contribution in [2.45, 2.75) is 28.7 Å². The molecule has 1 aromatic heterocycles. The predicted octanol–water partition coefficient (Wildman–Crippen LogP) is 4.83. The van der Waals surface area contributed by atoms with Gasteiger partial charge >= 0.3 is 6.36 Å². The summed E-state index contributed by atoms with van der Waals surface area (Å²) in [6.45, 7) is 1.85. The fourth-order valence-electron chi connectivity index (χ4n) is 2.47. The number of thioether (sulfide) groups is 1. The van der Waals surface area contributed by atoms with Gasteiger partial charge in [-0.05, 0) is 42.8 Å². The third-order valence-electron chi connectivity index (χ3n) is 3.98. The van der Waals surface area contributed by atoms with Gasteiger partial charge in [0.05, 0.1) is 4.90 Å². The number of nitrogens with zero attached hydrogens (tertiary/aromatic N) is 2. The van der Waals surface area contributed by atoms with Gasteiger partial charge in [-0.1, -0.05) is 23.9 Å². The van der Waals surface area contributed by atoms with Crippen LogP contribution in [-0.2, 0) is 10.0 Å². The van der Waals surface area contributed by atoms with Crippen molar-refractivity contribution >= 4 is 32.9 Å². The molecule has 0 saturated heterocycles. The van der Waals surface area contributed by atoms with Crippen LogP contribution >= 0.6 is 11.8 Å². The lowest BCUT2D eigenvalue weighted by Crippen LogP contribution is -2.22. The summed E-state index contributed by atoms with van der Waals surface area (Å²) in [5.41, 5.74) is 1.59. The maximum atomic E-state index is 12.2. The third-order valence-corrected chi connectivity index (χ3v) is 6.79. The Morgan fingerprint density at radius 2 is 1.79 bits per heavy atom. The van der Waals surface area contributed by atoms with E-state index in [1.807, 2.05) is 6.92 Å². The molecule has 3 aromatic rings. The second-order valence-corrected chi connectivity index (χ2v) is 9.72. The van der Waals surface area contributed by atoms with E-state index in [0.717, 1.165) is 9.87 Å². The first-order valence-electron chi connectivity index (χ1n) is 8.31. The average molecular weight is 446 g/mol. The first-order valence-corrected chi connectivity index (χ1v) is 10.6. The molecule has 0 aliphatic carbocycles. The molecule has 11 heteroatoms. The fourth-order valence-corrected chi connectivity index (χ4v) is 4.27. The van der Waals surface area contributed by atoms with Crippen LogP contribution in [0.2, 0.25) is 0 Å². The van der Waals surface area contributed by atoms with Crippen molar-refractivity contribution in [2.24, 2.45) is 0 Å². The number of oxazole rings is 1. The number of sulfonamides is 1. The van der Waals surface area contributed by atoms with Crippen molar-refractivity contribution in [3.8, 4) is 5.75 Å². The number of hydrogen-bond acceptors (Lipinski definition) is 6. The van der Waals surface area contributed by atoms with E-state index >= 15 is 0 Å². The minimum atomic E-state index is -4.74. The Hall–Kier alpha value is -2.24. The van der Waals surface area contributed by atoms with Gasteiger partial charge in [0, 0.05) is 19.3 Å². The van der Waals surface area contributed by atoms with Crippen LogP contribution in [0, 0.1) is 0 Å². The van der Waals surface area contributed by atoms with Gasteiger partial charge in [0.1, 0.15) is 11.3 Å². The molecule has 1 heterocycles. The molecule has 3 rings (SSSR count). The zero-order valence-corrected chi connectivity index (χ0v) is 17.2. The lowest BCUT2D eigenvalue weighted by Gasteiger charge is -2.11. The van der Waals surface area contributed by atoms with Crippen LogP contribution < -0.4 is 4.74 Å². The molecule has 0 aliphatic heterocycles. The first kappa shape index (κ1) is 21.5. The summed E-state index contributed by atoms with van der Waals surface area (Å²) in [6.07, 6.45) is -4.74. The third kappa shape index (κ3) is 5.03. The summed E-state index contributed by atoms with van der Waals surface area (Å²) in [5, 5.41) is 0.149. The maximum absolute atomic E-state index is 12.2. The van der Waals surface area contributed by atoms with Crippen LogP contribution in [0.1, 0.15) is 17.7 Å². The van der Waals surface area contributed by atoms with Crippen molar-refractivity contribution in [3.05, 3.63) is 48.0 Å². The minimum Gasteiger partial charge on any atom is -0.431 e. The normalized spacial score (nSPS) is 13.8. The van der Waals surface area contributed by atoms with Crippen LogP contribution in [0.15, 0.2) is 57.0 Å². The molecule has 0 spiro atoms. The summed E-state index contributed by atoms with van der Waals surface area (Å²) in [4.78, 5) is 4.42. The highest BCUT2D eigenvalue weighted by atomic mass is 32.2. The largest absolute Gasteiger partial charge is 0.573 e. The monoisotopic (exact) mass is 446 g/mol. The zero-order valence-electron chi connectivity index (χ0n) is 15.6. The predicted molar refractivity (Wildman–Crippen MR) is 102 cm³/mol. The molecular formula is C18H17F3N2O4S2. The Morgan fingerprint density at radius 3 is 2.38 bits per heavy atom. The van der Waals surface area contributed by atoms with Gasteiger partial charge in [0.2, 0.25) is 10.0 Å². The molecule has 1 atom stereocenters. The van der Waals surface area contributed by atoms with Gasteiger partial charge in [-0.3, -0.25) is 0 Å². The van der Waals surface area contributed by atoms with Crippen LogP contribution in [0.4, 0.5) is 13.2 Å². The standard InChI is InChI=1S/C18H17F3N2O4S2/c1-11(12-4-6-13(7-5-12)27-18(19,20)21)28-17-22-15-10-14(8-9-16(15)26-17)29(24,25)23(2)3/h4-11H,1-3H3. The van der Waals surface area contributed by atoms with E-state index in [1.54, 1.807) is 0 Å². The van der Waals surface area contributed by atoms with Crippen LogP contribution in [0.5, 0.6) is 5.75 Å². The van der Waals surface area contributed by atoms with Crippen molar-refractivity contribution in [1.29, 1.82) is 0 Å². The molecular weight excluding hydrogens is 429 g/mol. The highest BCUT2D eigenvalue weighted by Crippen LogP contribution is 2.37. The van der Waals surface area contributed by atoms with Crippen LogP contribution in [0.3, 0.4) is 0 Å². The van der Waals surface area contributed by atoms with Gasteiger partial charge in [0.25, 0.3) is 5.22 Å². The number of ether oxygens (including phenoxy) is 1. The van der Waals surface area contributed by atoms with E-state index < -0.39 is 16.4 Å². The van der Waals surface area contributed by atoms with Gasteiger partial charge in [-0.25, -0.2) is 17.7 Å². The van der Waals surface area contributed by atoms with Gasteiger partial charge in [-0.2, -0.15) is 0 Å². The lowest BCUT2D eigenvalue weighted by molar-refractivity contribution is -0.274. The van der Waals surface area contributed by atoms with Crippen LogP contribution in [0.25, 0.3) is 11.1 Å². The quantitative estimate of drug-likeness (QED) is 0.505. The van der Waals surface area contributed by atoms with E-state index in [-0.39, 0.29) is 15.9 Å². The first-order chi connectivity index (χ1) is 13.5. The number of fused-ring (bicyclic) bond motifs is 1. The van der Waals surface area contributed by atoms with E-state index in [9.17, 15) is 21.6 Å². The summed E-state index contributed by atoms with van der Waals surface area (Å²) in [6, 6.07) is 9.96. The Bertz CT molecular complexity index is 1110. The number of benzene rings is 2. The highest BCUT2D eigenvalue weighted by molar-refractivity contribution is 7.99. The van der Waals surface area contributed by atoms with E-state index in [4.69, 9.17) is 4.42 Å². The smallest absolute Gasteiger partial charge is 0.431 e. The van der Waals surface area contributed by atoms with Crippen molar-refractivity contribution in [3.63, 3.8) is 0 Å². The number of aromatic nitrogens is 1. The number of halogens is 3. The molecule has 156 valence electrons. The molecule has 2 aromatic carbocycles. The van der Waals surface area contributed by atoms with E-state index in [2.05, 4.69) is 9.72 Å². The molecule has 0 amide bonds. The molecule has 0 N–H and O–H groups in total. The number of hydrogen-bond donors (Lipinski definition) is 0. The van der Waals surface area contributed by atoms with Gasteiger partial charge in [-0.15, -0.1) is 13.2 Å². The SMILES string of the molecule is CC(Sc1nc2cc(S(=O)(=O)N(C)C)ccc2o1)c1ccc(OC(F)(F)F)cc1. The Morgan fingerprint density at radius 1 is 1.14 bits per heavy atom. The summed E-state index contributed by atoms with van der Waals surface area (Å²) >= 11 is 1.26. The second kappa shape index (κ2) is 7.88. The van der Waals surface area contributed by atoms with Crippen molar-refractivity contribution < 1.29 is 30.7 Å². The molecule has 0 saturated carbocycles. The van der Waals surface area contributed by atoms with Crippen LogP contribution in [-0.4, -0.2) is 38.2 Å². The molecule has 0 aliphatic rings. The Labute approximate surface area is 169 Å². The van der Waals surface area contributed by atoms with E-state index in [1.165, 1.54) is 68.3 Å². The molecule has 6 nitrogen and oxygen atoms in total. The second-order valence-electron chi connectivity index (χ2n) is 6.27. The topological polar surface area (TPSA) is 72.6 Å². The molecule has 0 bridgehead atoms. The van der Waals surface area contributed by atoms with E-state index in [0.29, 0.717) is 16.3 Å². The number of rotatable bonds is 6.